The summed E-state index contributed by atoms with van der Waals surface area (Å²) in [4.78, 5) is 153. The Morgan fingerprint density at radius 2 is 1.20 bits per heavy atom. The average Bonchev–Trinajstić information content (AvgIpc) is 3.85. The number of hydrogen-bond acceptors (Lipinski definition) is 15. The van der Waals surface area contributed by atoms with Crippen LogP contribution in [0.1, 0.15) is 81.9 Å². The number of hydrogen-bond donors (Lipinski definition) is 15. The molecule has 4 aromatic carbocycles. The minimum Gasteiger partial charge on any atom is -0.508 e. The van der Waals surface area contributed by atoms with Gasteiger partial charge in [-0.3, -0.25) is 58.1 Å². The summed E-state index contributed by atoms with van der Waals surface area (Å²) in [6, 6.07) is 15.5. The molecule has 2 saturated heterocycles. The van der Waals surface area contributed by atoms with Gasteiger partial charge in [0.25, 0.3) is 0 Å². The minimum absolute atomic E-state index is 0.0131. The number of phenolic OH excluding ortho intramolecular Hbond substituents is 1. The number of amides is 11. The Labute approximate surface area is 531 Å². The van der Waals surface area contributed by atoms with Crippen LogP contribution in [0.4, 0.5) is 0 Å². The van der Waals surface area contributed by atoms with E-state index < -0.39 is 127 Å². The fraction of sp³-hybridized carbons (Fsp3) is 0.460. The standard InChI is InChI=1S/C63H84N14O13S/c1-36(2)30-46(56(84)71-45(18-10-27-67-63(65)66)62(90)77-28-11-19-51(77)61(89)68-34-52(64)80)72-55(83)44(26-29-91-3)70-57(85)48(32-38-20-22-41(79)23-21-38)74-60(88)50(35-78)76-59(87)49(33-40-16-9-15-39-14-7-8-17-42(39)40)75-58(86)47(31-37-12-5-4-6-13-37)73-54(82)43-24-25-53(81)69-43/h4-9,12-17,20-23,36,43-51,78-79H,10-11,18-19,24-35H2,1-3H3,(H2,64,80)(H,68,89)(H,69,81)(H,70,85)(H,71,84)(H,72,83)(H,73,82)(H,74,88)(H,75,86)(H,76,87)(H4,65,66,67)/t43-,44+,45-,46-,47+,48-,49-,50-,51-/m0/s1. The van der Waals surface area contributed by atoms with Gasteiger partial charge in [-0.25, -0.2) is 0 Å². The summed E-state index contributed by atoms with van der Waals surface area (Å²) in [5.74, 6) is -8.44. The number of nitrogens with zero attached hydrogens (tertiary/aromatic N) is 1. The maximum Gasteiger partial charge on any atom is 0.245 e. The van der Waals surface area contributed by atoms with Crippen molar-refractivity contribution < 1.29 is 63.0 Å². The van der Waals surface area contributed by atoms with Crippen molar-refractivity contribution in [1.82, 2.24) is 58.1 Å². The number of aliphatic hydroxyl groups is 1. The summed E-state index contributed by atoms with van der Waals surface area (Å²) in [5.41, 5.74) is 12.4. The summed E-state index contributed by atoms with van der Waals surface area (Å²) in [7, 11) is 0. The van der Waals surface area contributed by atoms with E-state index in [-0.39, 0.29) is 101 Å². The number of rotatable bonds is 34. The van der Waals surface area contributed by atoms with E-state index in [0.29, 0.717) is 28.9 Å². The summed E-state index contributed by atoms with van der Waals surface area (Å²) >= 11 is 1.35. The number of carbonyl (C=O) groups excluding carboxylic acids is 11. The molecule has 0 bridgehead atoms. The van der Waals surface area contributed by atoms with Gasteiger partial charge in [-0.15, -0.1) is 0 Å². The Bertz CT molecular complexity index is 3220. The number of benzene rings is 4. The van der Waals surface area contributed by atoms with Crippen LogP contribution < -0.4 is 64.6 Å². The molecule has 2 fully saturated rings. The van der Waals surface area contributed by atoms with Gasteiger partial charge < -0.3 is 79.7 Å². The molecule has 2 heterocycles. The van der Waals surface area contributed by atoms with Gasteiger partial charge >= 0.3 is 0 Å². The van der Waals surface area contributed by atoms with Gasteiger partial charge in [0.2, 0.25) is 65.0 Å². The van der Waals surface area contributed by atoms with Crippen LogP contribution in [-0.2, 0) is 72.0 Å². The van der Waals surface area contributed by atoms with Crippen LogP contribution in [0.25, 0.3) is 10.8 Å². The third kappa shape index (κ3) is 22.0. The normalized spacial score (nSPS) is 16.7. The molecule has 0 spiro atoms. The van der Waals surface area contributed by atoms with E-state index >= 15 is 0 Å². The topological polar surface area (TPSA) is 428 Å². The number of guanidine groups is 1. The number of phenols is 1. The van der Waals surface area contributed by atoms with E-state index in [1.54, 1.807) is 68.6 Å². The number of aliphatic hydroxyl groups excluding tert-OH is 1. The van der Waals surface area contributed by atoms with Crippen molar-refractivity contribution in [2.24, 2.45) is 17.4 Å². The van der Waals surface area contributed by atoms with Gasteiger partial charge in [0.1, 0.15) is 60.1 Å². The highest BCUT2D eigenvalue weighted by Crippen LogP contribution is 2.23. The lowest BCUT2D eigenvalue weighted by Crippen LogP contribution is -2.61. The maximum atomic E-state index is 14.7. The molecule has 9 atom stereocenters. The smallest absolute Gasteiger partial charge is 0.245 e. The fourth-order valence-corrected chi connectivity index (χ4v) is 11.2. The fourth-order valence-electron chi connectivity index (χ4n) is 10.7. The molecule has 2 aliphatic heterocycles. The zero-order valence-corrected chi connectivity index (χ0v) is 52.0. The monoisotopic (exact) mass is 1280 g/mol. The Morgan fingerprint density at radius 1 is 0.637 bits per heavy atom. The van der Waals surface area contributed by atoms with Crippen molar-refractivity contribution >= 4 is 93.5 Å². The predicted octanol–water partition coefficient (Wildman–Crippen LogP) is -1.11. The largest absolute Gasteiger partial charge is 0.508 e. The molecule has 0 saturated carbocycles. The van der Waals surface area contributed by atoms with Gasteiger partial charge in [-0.2, -0.15) is 11.8 Å². The third-order valence-corrected chi connectivity index (χ3v) is 16.1. The quantitative estimate of drug-likeness (QED) is 0.0150. The van der Waals surface area contributed by atoms with Gasteiger partial charge in [0.15, 0.2) is 5.96 Å². The number of nitrogens with two attached hydrogens (primary N) is 2. The Kier molecular flexibility index (Phi) is 27.4. The lowest BCUT2D eigenvalue weighted by Gasteiger charge is -2.30. The molecule has 28 heteroatoms. The van der Waals surface area contributed by atoms with Crippen molar-refractivity contribution in [3.63, 3.8) is 0 Å². The van der Waals surface area contributed by atoms with Crippen LogP contribution in [0, 0.1) is 11.3 Å². The summed E-state index contributed by atoms with van der Waals surface area (Å²) in [6.07, 6.45) is 2.73. The molecule has 0 unspecified atom stereocenters. The average molecular weight is 1280 g/mol. The number of nitrogens with one attached hydrogen (secondary N) is 11. The molecule has 490 valence electrons. The SMILES string of the molecule is CSCC[C@@H](NC(=O)[C@H](Cc1ccc(O)cc1)NC(=O)[C@H](CO)NC(=O)[C@H](Cc1cccc2ccccc12)NC(=O)[C@@H](Cc1ccccc1)NC(=O)[C@@H]1CCC(=O)N1)C(=O)N[C@@H](CC(C)C)C(=O)N[C@@H](CCCNC(=N)N)C(=O)N1CCC[C@H]1C(=O)NCC(N)=O. The van der Waals surface area contributed by atoms with Gasteiger partial charge in [-0.05, 0) is 102 Å². The third-order valence-electron chi connectivity index (χ3n) is 15.4. The molecular weight excluding hydrogens is 1190 g/mol. The molecule has 91 heavy (non-hydrogen) atoms. The first-order chi connectivity index (χ1) is 43.5. The highest BCUT2D eigenvalue weighted by atomic mass is 32.2. The number of primary amides is 1. The number of fused-ring (bicyclic) bond motifs is 1. The van der Waals surface area contributed by atoms with Crippen LogP contribution in [0.3, 0.4) is 0 Å². The lowest BCUT2D eigenvalue weighted by atomic mass is 9.97. The number of likely N-dealkylation sites (tertiary alicyclic amines) is 1. The molecule has 0 aliphatic carbocycles. The van der Waals surface area contributed by atoms with Crippen LogP contribution in [0.2, 0.25) is 0 Å². The molecule has 17 N–H and O–H groups in total. The maximum absolute atomic E-state index is 14.7. The molecule has 6 rings (SSSR count). The second-order valence-corrected chi connectivity index (χ2v) is 23.9. The molecule has 0 aromatic heterocycles. The first-order valence-corrected chi connectivity index (χ1v) is 31.7. The van der Waals surface area contributed by atoms with E-state index in [1.165, 1.54) is 40.9 Å². The van der Waals surface area contributed by atoms with Crippen molar-refractivity contribution in [1.29, 1.82) is 5.41 Å². The number of aromatic hydroxyl groups is 1. The van der Waals surface area contributed by atoms with Crippen LogP contribution in [0.5, 0.6) is 5.75 Å². The van der Waals surface area contributed by atoms with Gasteiger partial charge in [-0.1, -0.05) is 98.8 Å². The molecular formula is C63H84N14O13S. The molecule has 2 aliphatic rings. The number of carbonyl (C=O) groups is 11. The zero-order chi connectivity index (χ0) is 66.1. The zero-order valence-electron chi connectivity index (χ0n) is 51.2. The van der Waals surface area contributed by atoms with E-state index in [9.17, 15) is 63.0 Å². The first-order valence-electron chi connectivity index (χ1n) is 30.3. The molecule has 11 amide bonds. The summed E-state index contributed by atoms with van der Waals surface area (Å²) < 4.78 is 0. The first kappa shape index (κ1) is 70.8. The van der Waals surface area contributed by atoms with Crippen molar-refractivity contribution in [3.8, 4) is 5.75 Å². The summed E-state index contributed by atoms with van der Waals surface area (Å²) in [6.45, 7) is 2.47. The van der Waals surface area contributed by atoms with E-state index in [4.69, 9.17) is 16.9 Å². The Morgan fingerprint density at radius 3 is 1.82 bits per heavy atom. The van der Waals surface area contributed by atoms with Crippen molar-refractivity contribution in [2.45, 2.75) is 139 Å². The van der Waals surface area contributed by atoms with Crippen molar-refractivity contribution in [3.05, 3.63) is 114 Å². The van der Waals surface area contributed by atoms with Crippen LogP contribution in [0.15, 0.2) is 97.1 Å². The van der Waals surface area contributed by atoms with Gasteiger partial charge in [0.05, 0.1) is 13.2 Å². The predicted molar refractivity (Wildman–Crippen MR) is 340 cm³/mol. The summed E-state index contributed by atoms with van der Waals surface area (Å²) in [5, 5.41) is 56.8. The minimum atomic E-state index is -1.76. The van der Waals surface area contributed by atoms with Gasteiger partial charge in [0, 0.05) is 38.8 Å². The van der Waals surface area contributed by atoms with E-state index in [2.05, 4.69) is 53.2 Å². The van der Waals surface area contributed by atoms with E-state index in [1.807, 2.05) is 24.3 Å². The molecule has 0 radical (unpaired) electrons. The highest BCUT2D eigenvalue weighted by molar-refractivity contribution is 7.98. The molecule has 27 nitrogen and oxygen atoms in total. The second kappa shape index (κ2) is 35.2. The lowest BCUT2D eigenvalue weighted by molar-refractivity contribution is -0.142. The Hall–Kier alpha value is -9.31. The van der Waals surface area contributed by atoms with Crippen LogP contribution in [-0.4, -0.2) is 179 Å². The molecule has 4 aromatic rings. The van der Waals surface area contributed by atoms with E-state index in [0.717, 1.165) is 10.8 Å². The van der Waals surface area contributed by atoms with Crippen molar-refractivity contribution in [2.75, 3.05) is 38.2 Å². The number of thioether (sulfide) groups is 1. The van der Waals surface area contributed by atoms with Crippen LogP contribution >= 0.6 is 11.8 Å². The highest BCUT2D eigenvalue weighted by Gasteiger charge is 2.40. The second-order valence-electron chi connectivity index (χ2n) is 22.9. The Balaban J connectivity index is 1.23.